The fourth-order valence-electron chi connectivity index (χ4n) is 1.14. The number of H-pyrrole nitrogens is 1. The second-order valence-electron chi connectivity index (χ2n) is 3.11. The zero-order valence-corrected chi connectivity index (χ0v) is 9.41. The summed E-state index contributed by atoms with van der Waals surface area (Å²) in [5.41, 5.74) is -1.16. The molecule has 1 aromatic heterocycles. The third kappa shape index (κ3) is 3.23. The van der Waals surface area contributed by atoms with Crippen molar-refractivity contribution in [3.05, 3.63) is 32.1 Å². The van der Waals surface area contributed by atoms with E-state index in [1.54, 1.807) is 0 Å². The number of aromatic nitrogens is 2. The first kappa shape index (κ1) is 12.5. The van der Waals surface area contributed by atoms with Crippen molar-refractivity contribution < 1.29 is 9.53 Å². The Bertz CT molecular complexity index is 491. The van der Waals surface area contributed by atoms with Gasteiger partial charge in [0.05, 0.1) is 7.11 Å². The van der Waals surface area contributed by atoms with Crippen LogP contribution in [0.15, 0.2) is 15.8 Å². The standard InChI is InChI=1S/C9H11ClN2O4/c1-16-7(13)3-2-4-12-5-6(10)8(14)11-9(12)15/h5H,2-4H2,1H3,(H,11,14,15). The molecule has 0 atom stereocenters. The van der Waals surface area contributed by atoms with E-state index in [0.29, 0.717) is 13.0 Å². The zero-order valence-electron chi connectivity index (χ0n) is 8.66. The molecule has 0 saturated carbocycles. The first-order valence-electron chi connectivity index (χ1n) is 4.60. The second-order valence-corrected chi connectivity index (χ2v) is 3.52. The van der Waals surface area contributed by atoms with Gasteiger partial charge in [-0.05, 0) is 6.42 Å². The minimum atomic E-state index is -0.615. The summed E-state index contributed by atoms with van der Waals surface area (Å²) in [4.78, 5) is 35.1. The molecule has 6 nitrogen and oxygen atoms in total. The number of rotatable bonds is 4. The molecule has 0 spiro atoms. The summed E-state index contributed by atoms with van der Waals surface area (Å²) in [5.74, 6) is -0.344. The van der Waals surface area contributed by atoms with Gasteiger partial charge in [-0.3, -0.25) is 19.1 Å². The van der Waals surface area contributed by atoms with Crippen LogP contribution >= 0.6 is 11.6 Å². The number of carbonyl (C=O) groups excluding carboxylic acids is 1. The molecule has 0 bridgehead atoms. The summed E-state index contributed by atoms with van der Waals surface area (Å²) in [5, 5.41) is -0.0577. The average Bonchev–Trinajstić information content (AvgIpc) is 2.25. The lowest BCUT2D eigenvalue weighted by atomic mass is 10.3. The Morgan fingerprint density at radius 2 is 2.25 bits per heavy atom. The summed E-state index contributed by atoms with van der Waals surface area (Å²) in [6.07, 6.45) is 1.90. The number of halogens is 1. The summed E-state index contributed by atoms with van der Waals surface area (Å²) in [6, 6.07) is 0. The number of esters is 1. The highest BCUT2D eigenvalue weighted by molar-refractivity contribution is 6.30. The van der Waals surface area contributed by atoms with E-state index in [2.05, 4.69) is 9.72 Å². The van der Waals surface area contributed by atoms with Crippen molar-refractivity contribution in [3.63, 3.8) is 0 Å². The van der Waals surface area contributed by atoms with Crippen LogP contribution in [0.4, 0.5) is 0 Å². The number of aryl methyl sites for hydroxylation is 1. The molecule has 0 amide bonds. The molecule has 1 rings (SSSR count). The normalized spacial score (nSPS) is 10.1. The topological polar surface area (TPSA) is 81.2 Å². The Kier molecular flexibility index (Phi) is 4.30. The summed E-state index contributed by atoms with van der Waals surface area (Å²) >= 11 is 5.56. The van der Waals surface area contributed by atoms with Crippen LogP contribution in [-0.4, -0.2) is 22.6 Å². The van der Waals surface area contributed by atoms with E-state index < -0.39 is 11.2 Å². The molecule has 1 heterocycles. The van der Waals surface area contributed by atoms with Crippen LogP contribution in [0, 0.1) is 0 Å². The monoisotopic (exact) mass is 246 g/mol. The van der Waals surface area contributed by atoms with E-state index in [0.717, 1.165) is 0 Å². The number of hydrogen-bond acceptors (Lipinski definition) is 4. The van der Waals surface area contributed by atoms with Gasteiger partial charge >= 0.3 is 11.7 Å². The molecule has 0 aliphatic carbocycles. The van der Waals surface area contributed by atoms with E-state index in [9.17, 15) is 14.4 Å². The SMILES string of the molecule is COC(=O)CCCn1cc(Cl)c(=O)[nH]c1=O. The predicted molar refractivity (Wildman–Crippen MR) is 57.6 cm³/mol. The Balaban J connectivity index is 2.68. The third-order valence-electron chi connectivity index (χ3n) is 1.98. The number of nitrogens with one attached hydrogen (secondary N) is 1. The van der Waals surface area contributed by atoms with Gasteiger partial charge in [-0.1, -0.05) is 11.6 Å². The van der Waals surface area contributed by atoms with Gasteiger partial charge in [0.15, 0.2) is 0 Å². The van der Waals surface area contributed by atoms with Crippen LogP contribution in [0.3, 0.4) is 0 Å². The molecule has 16 heavy (non-hydrogen) atoms. The van der Waals surface area contributed by atoms with Crippen molar-refractivity contribution in [1.82, 2.24) is 9.55 Å². The fourth-order valence-corrected chi connectivity index (χ4v) is 1.31. The Labute approximate surface area is 95.8 Å². The van der Waals surface area contributed by atoms with Crippen molar-refractivity contribution in [2.75, 3.05) is 7.11 Å². The zero-order chi connectivity index (χ0) is 12.1. The minimum absolute atomic E-state index is 0.0577. The first-order valence-corrected chi connectivity index (χ1v) is 4.98. The fraction of sp³-hybridized carbons (Fsp3) is 0.444. The summed E-state index contributed by atoms with van der Waals surface area (Å²) < 4.78 is 5.69. The highest BCUT2D eigenvalue weighted by Crippen LogP contribution is 1.99. The number of ether oxygens (including phenoxy) is 1. The van der Waals surface area contributed by atoms with Crippen LogP contribution in [0.1, 0.15) is 12.8 Å². The van der Waals surface area contributed by atoms with Crippen LogP contribution in [-0.2, 0) is 16.1 Å². The molecule has 0 radical (unpaired) electrons. The summed E-state index contributed by atoms with van der Waals surface area (Å²) in [7, 11) is 1.30. The number of aromatic amines is 1. The Hall–Kier alpha value is -1.56. The molecule has 0 unspecified atom stereocenters. The largest absolute Gasteiger partial charge is 0.469 e. The third-order valence-corrected chi connectivity index (χ3v) is 2.24. The first-order chi connectivity index (χ1) is 7.54. The molecular weight excluding hydrogens is 236 g/mol. The predicted octanol–water partition coefficient (Wildman–Crippen LogP) is 0.143. The number of nitrogens with zero attached hydrogens (tertiary/aromatic N) is 1. The molecule has 0 aliphatic rings. The van der Waals surface area contributed by atoms with Crippen LogP contribution in [0.2, 0.25) is 5.02 Å². The van der Waals surface area contributed by atoms with Gasteiger partial charge in [-0.2, -0.15) is 0 Å². The minimum Gasteiger partial charge on any atom is -0.469 e. The quantitative estimate of drug-likeness (QED) is 0.767. The molecule has 1 aromatic rings. The van der Waals surface area contributed by atoms with Gasteiger partial charge < -0.3 is 4.74 Å². The van der Waals surface area contributed by atoms with Crippen molar-refractivity contribution in [3.8, 4) is 0 Å². The highest BCUT2D eigenvalue weighted by atomic mass is 35.5. The van der Waals surface area contributed by atoms with Crippen LogP contribution in [0.25, 0.3) is 0 Å². The number of methoxy groups -OCH3 is 1. The summed E-state index contributed by atoms with van der Waals surface area (Å²) in [6.45, 7) is 0.296. The van der Waals surface area contributed by atoms with E-state index in [4.69, 9.17) is 11.6 Å². The van der Waals surface area contributed by atoms with E-state index >= 15 is 0 Å². The molecular formula is C9H11ClN2O4. The van der Waals surface area contributed by atoms with Crippen molar-refractivity contribution >= 4 is 17.6 Å². The molecule has 88 valence electrons. The smallest absolute Gasteiger partial charge is 0.328 e. The van der Waals surface area contributed by atoms with Crippen molar-refractivity contribution in [2.45, 2.75) is 19.4 Å². The van der Waals surface area contributed by atoms with E-state index in [-0.39, 0.29) is 17.4 Å². The molecule has 7 heteroatoms. The Morgan fingerprint density at radius 1 is 1.56 bits per heavy atom. The average molecular weight is 247 g/mol. The maximum atomic E-state index is 11.3. The lowest BCUT2D eigenvalue weighted by Gasteiger charge is -2.04. The molecule has 0 aromatic carbocycles. The van der Waals surface area contributed by atoms with Crippen molar-refractivity contribution in [1.29, 1.82) is 0 Å². The van der Waals surface area contributed by atoms with Gasteiger partial charge in [0.2, 0.25) is 0 Å². The van der Waals surface area contributed by atoms with Gasteiger partial charge in [0, 0.05) is 19.2 Å². The van der Waals surface area contributed by atoms with E-state index in [1.807, 2.05) is 0 Å². The van der Waals surface area contributed by atoms with Gasteiger partial charge in [-0.15, -0.1) is 0 Å². The Morgan fingerprint density at radius 3 is 2.88 bits per heavy atom. The molecule has 1 N–H and O–H groups in total. The van der Waals surface area contributed by atoms with Crippen LogP contribution in [0.5, 0.6) is 0 Å². The van der Waals surface area contributed by atoms with Gasteiger partial charge in [0.1, 0.15) is 5.02 Å². The van der Waals surface area contributed by atoms with Crippen LogP contribution < -0.4 is 11.2 Å². The molecule has 0 fully saturated rings. The molecule has 0 aliphatic heterocycles. The second kappa shape index (κ2) is 5.50. The maximum Gasteiger partial charge on any atom is 0.328 e. The van der Waals surface area contributed by atoms with Gasteiger partial charge in [0.25, 0.3) is 5.56 Å². The van der Waals surface area contributed by atoms with Crippen molar-refractivity contribution in [2.24, 2.45) is 0 Å². The molecule has 0 saturated heterocycles. The van der Waals surface area contributed by atoms with E-state index in [1.165, 1.54) is 17.9 Å². The number of carbonyl (C=O) groups is 1. The lowest BCUT2D eigenvalue weighted by molar-refractivity contribution is -0.140. The number of hydrogen-bond donors (Lipinski definition) is 1. The van der Waals surface area contributed by atoms with Gasteiger partial charge in [-0.25, -0.2) is 4.79 Å². The lowest BCUT2D eigenvalue weighted by Crippen LogP contribution is -2.29. The maximum absolute atomic E-state index is 11.3. The highest BCUT2D eigenvalue weighted by Gasteiger charge is 2.04.